The quantitative estimate of drug-likeness (QED) is 0.585. The van der Waals surface area contributed by atoms with Gasteiger partial charge in [-0.25, -0.2) is 0 Å². The number of methoxy groups -OCH3 is 1. The van der Waals surface area contributed by atoms with Crippen molar-refractivity contribution >= 4 is 22.2 Å². The Bertz CT molecular complexity index is 1170. The summed E-state index contributed by atoms with van der Waals surface area (Å²) in [5.41, 5.74) is 5.34. The molecule has 2 aliphatic rings. The van der Waals surface area contributed by atoms with Gasteiger partial charge in [0.2, 0.25) is 0 Å². The van der Waals surface area contributed by atoms with Crippen LogP contribution in [0.3, 0.4) is 0 Å². The number of hydrogen-bond donors (Lipinski definition) is 1. The molecule has 1 aliphatic carbocycles. The Morgan fingerprint density at radius 1 is 1.00 bits per heavy atom. The molecule has 0 fully saturated rings. The number of allylic oxidation sites excluding steroid dienone is 2. The molecule has 0 bridgehead atoms. The van der Waals surface area contributed by atoms with Gasteiger partial charge < -0.3 is 10.1 Å². The molecular formula is C26H25NO2. The fourth-order valence-corrected chi connectivity index (χ4v) is 4.96. The number of rotatable bonds is 2. The van der Waals surface area contributed by atoms with Crippen molar-refractivity contribution in [1.82, 2.24) is 0 Å². The lowest BCUT2D eigenvalue weighted by molar-refractivity contribution is -0.118. The Morgan fingerprint density at radius 3 is 2.66 bits per heavy atom. The van der Waals surface area contributed by atoms with Crippen molar-refractivity contribution < 1.29 is 9.53 Å². The summed E-state index contributed by atoms with van der Waals surface area (Å²) in [4.78, 5) is 13.4. The number of Topliss-reactive ketones (excluding diaryl/α,β-unsaturated/α-hetero) is 1. The molecule has 0 radical (unpaired) electrons. The van der Waals surface area contributed by atoms with Gasteiger partial charge in [0, 0.05) is 29.3 Å². The monoisotopic (exact) mass is 383 g/mol. The first-order chi connectivity index (χ1) is 14.0. The molecule has 0 saturated heterocycles. The van der Waals surface area contributed by atoms with Gasteiger partial charge in [0.15, 0.2) is 5.78 Å². The van der Waals surface area contributed by atoms with Gasteiger partial charge in [0.25, 0.3) is 0 Å². The first kappa shape index (κ1) is 18.0. The zero-order chi connectivity index (χ0) is 20.2. The average Bonchev–Trinajstić information content (AvgIpc) is 2.71. The maximum absolute atomic E-state index is 13.4. The lowest BCUT2D eigenvalue weighted by Gasteiger charge is -2.40. The van der Waals surface area contributed by atoms with Crippen LogP contribution in [0.4, 0.5) is 5.69 Å². The van der Waals surface area contributed by atoms with E-state index in [1.54, 1.807) is 7.11 Å². The first-order valence-electron chi connectivity index (χ1n) is 10.2. The summed E-state index contributed by atoms with van der Waals surface area (Å²) in [6.07, 6.45) is 1.45. The van der Waals surface area contributed by atoms with E-state index < -0.39 is 0 Å². The molecule has 1 heterocycles. The van der Waals surface area contributed by atoms with E-state index in [1.165, 1.54) is 16.3 Å². The van der Waals surface area contributed by atoms with E-state index in [4.69, 9.17) is 4.74 Å². The molecule has 0 unspecified atom stereocenters. The molecule has 5 rings (SSSR count). The molecule has 1 N–H and O–H groups in total. The minimum absolute atomic E-state index is 0.0316. The smallest absolute Gasteiger partial charge is 0.162 e. The SMILES string of the molecule is COc1cccc([C@@H]2C3=C(CC(C)(C)CC3=O)Nc3ccc4ccccc4c32)c1. The van der Waals surface area contributed by atoms with Crippen LogP contribution in [-0.2, 0) is 4.79 Å². The maximum Gasteiger partial charge on any atom is 0.162 e. The highest BCUT2D eigenvalue weighted by Crippen LogP contribution is 2.51. The van der Waals surface area contributed by atoms with E-state index in [0.717, 1.165) is 34.7 Å². The number of carbonyl (C=O) groups excluding carboxylic acids is 1. The first-order valence-corrected chi connectivity index (χ1v) is 10.2. The van der Waals surface area contributed by atoms with Gasteiger partial charge in [-0.15, -0.1) is 0 Å². The lowest BCUT2D eigenvalue weighted by Crippen LogP contribution is -2.33. The van der Waals surface area contributed by atoms with Crippen LogP contribution in [0.5, 0.6) is 5.75 Å². The summed E-state index contributed by atoms with van der Waals surface area (Å²) < 4.78 is 5.50. The summed E-state index contributed by atoms with van der Waals surface area (Å²) in [7, 11) is 1.68. The highest BCUT2D eigenvalue weighted by Gasteiger charge is 2.41. The number of benzene rings is 3. The molecule has 0 aromatic heterocycles. The number of hydrogen-bond acceptors (Lipinski definition) is 3. The molecular weight excluding hydrogens is 358 g/mol. The number of ether oxygens (including phenoxy) is 1. The Labute approximate surface area is 171 Å². The predicted molar refractivity (Wildman–Crippen MR) is 117 cm³/mol. The molecule has 3 aromatic rings. The van der Waals surface area contributed by atoms with Crippen molar-refractivity contribution in [3.05, 3.63) is 83.1 Å². The van der Waals surface area contributed by atoms with E-state index >= 15 is 0 Å². The Balaban J connectivity index is 1.81. The van der Waals surface area contributed by atoms with Crippen molar-refractivity contribution in [2.24, 2.45) is 5.41 Å². The van der Waals surface area contributed by atoms with Crippen LogP contribution in [0, 0.1) is 5.41 Å². The van der Waals surface area contributed by atoms with Gasteiger partial charge in [-0.1, -0.05) is 56.3 Å². The maximum atomic E-state index is 13.4. The number of carbonyl (C=O) groups is 1. The molecule has 3 aromatic carbocycles. The second kappa shape index (κ2) is 6.48. The summed E-state index contributed by atoms with van der Waals surface area (Å²) >= 11 is 0. The minimum Gasteiger partial charge on any atom is -0.497 e. The second-order valence-electron chi connectivity index (χ2n) is 8.92. The van der Waals surface area contributed by atoms with E-state index in [0.29, 0.717) is 6.42 Å². The topological polar surface area (TPSA) is 38.3 Å². The highest BCUT2D eigenvalue weighted by atomic mass is 16.5. The van der Waals surface area contributed by atoms with E-state index in [9.17, 15) is 4.79 Å². The molecule has 0 saturated carbocycles. The molecule has 29 heavy (non-hydrogen) atoms. The third-order valence-corrected chi connectivity index (χ3v) is 6.18. The van der Waals surface area contributed by atoms with Gasteiger partial charge in [0.05, 0.1) is 7.11 Å². The number of anilines is 1. The number of nitrogens with one attached hydrogen (secondary N) is 1. The highest BCUT2D eigenvalue weighted by molar-refractivity contribution is 6.04. The van der Waals surface area contributed by atoms with Gasteiger partial charge in [-0.2, -0.15) is 0 Å². The van der Waals surface area contributed by atoms with Crippen LogP contribution in [0.2, 0.25) is 0 Å². The van der Waals surface area contributed by atoms with Crippen LogP contribution in [0.15, 0.2) is 71.9 Å². The summed E-state index contributed by atoms with van der Waals surface area (Å²) in [5.74, 6) is 0.967. The third-order valence-electron chi connectivity index (χ3n) is 6.18. The molecule has 1 atom stereocenters. The van der Waals surface area contributed by atoms with Crippen LogP contribution in [0.25, 0.3) is 10.8 Å². The molecule has 1 aliphatic heterocycles. The number of ketones is 1. The van der Waals surface area contributed by atoms with E-state index in [2.05, 4.69) is 67.7 Å². The average molecular weight is 383 g/mol. The standard InChI is InChI=1S/C26H25NO2/c1-26(2)14-21-25(22(28)15-26)23(17-8-6-9-18(13-17)29-3)24-19-10-5-4-7-16(19)11-12-20(24)27-21/h4-13,23,27H,14-15H2,1-3H3/t23-/m0/s1. The van der Waals surface area contributed by atoms with Crippen LogP contribution >= 0.6 is 0 Å². The van der Waals surface area contributed by atoms with Crippen molar-refractivity contribution in [2.45, 2.75) is 32.6 Å². The lowest BCUT2D eigenvalue weighted by atomic mass is 9.68. The molecule has 146 valence electrons. The van der Waals surface area contributed by atoms with E-state index in [-0.39, 0.29) is 17.1 Å². The Hall–Kier alpha value is -3.07. The van der Waals surface area contributed by atoms with Crippen LogP contribution < -0.4 is 10.1 Å². The fraction of sp³-hybridized carbons (Fsp3) is 0.269. The molecule has 0 amide bonds. The van der Waals surface area contributed by atoms with Crippen molar-refractivity contribution in [2.75, 3.05) is 12.4 Å². The van der Waals surface area contributed by atoms with Crippen molar-refractivity contribution in [1.29, 1.82) is 0 Å². The summed E-state index contributed by atoms with van der Waals surface area (Å²) in [6.45, 7) is 4.35. The largest absolute Gasteiger partial charge is 0.497 e. The van der Waals surface area contributed by atoms with Gasteiger partial charge in [-0.3, -0.25) is 4.79 Å². The fourth-order valence-electron chi connectivity index (χ4n) is 4.96. The summed E-state index contributed by atoms with van der Waals surface area (Å²) in [6, 6.07) is 20.9. The zero-order valence-corrected chi connectivity index (χ0v) is 17.1. The molecule has 3 nitrogen and oxygen atoms in total. The van der Waals surface area contributed by atoms with Crippen molar-refractivity contribution in [3.63, 3.8) is 0 Å². The van der Waals surface area contributed by atoms with Crippen LogP contribution in [0.1, 0.15) is 43.7 Å². The third kappa shape index (κ3) is 2.93. The predicted octanol–water partition coefficient (Wildman–Crippen LogP) is 6.05. The Kier molecular flexibility index (Phi) is 4.02. The Morgan fingerprint density at radius 2 is 1.83 bits per heavy atom. The minimum atomic E-state index is -0.0916. The second-order valence-corrected chi connectivity index (χ2v) is 8.92. The normalized spacial score (nSPS) is 20.1. The molecule has 0 spiro atoms. The van der Waals surface area contributed by atoms with Crippen molar-refractivity contribution in [3.8, 4) is 5.75 Å². The van der Waals surface area contributed by atoms with Gasteiger partial charge >= 0.3 is 0 Å². The van der Waals surface area contributed by atoms with Crippen LogP contribution in [-0.4, -0.2) is 12.9 Å². The molecule has 3 heteroatoms. The van der Waals surface area contributed by atoms with Gasteiger partial charge in [0.1, 0.15) is 5.75 Å². The zero-order valence-electron chi connectivity index (χ0n) is 17.1. The van der Waals surface area contributed by atoms with E-state index in [1.807, 2.05) is 12.1 Å². The van der Waals surface area contributed by atoms with Gasteiger partial charge in [-0.05, 0) is 51.9 Å². The number of fused-ring (bicyclic) bond motifs is 3. The summed E-state index contributed by atoms with van der Waals surface area (Å²) in [5, 5.41) is 6.01.